The Balaban J connectivity index is 2.23. The predicted molar refractivity (Wildman–Crippen MR) is 65.1 cm³/mol. The summed E-state index contributed by atoms with van der Waals surface area (Å²) in [6.45, 7) is 0.497. The SMILES string of the molecule is O=S(=O)(CCCCl)NCC1CCC(O)CC1. The maximum Gasteiger partial charge on any atom is 0.211 e. The molecule has 0 aliphatic heterocycles. The third-order valence-corrected chi connectivity index (χ3v) is 4.65. The van der Waals surface area contributed by atoms with E-state index in [4.69, 9.17) is 11.6 Å². The van der Waals surface area contributed by atoms with Crippen molar-refractivity contribution in [3.63, 3.8) is 0 Å². The molecule has 96 valence electrons. The first-order valence-electron chi connectivity index (χ1n) is 5.75. The number of hydrogen-bond acceptors (Lipinski definition) is 3. The molecule has 4 nitrogen and oxygen atoms in total. The van der Waals surface area contributed by atoms with Gasteiger partial charge in [-0.25, -0.2) is 13.1 Å². The van der Waals surface area contributed by atoms with Crippen LogP contribution in [-0.2, 0) is 10.0 Å². The number of aliphatic hydroxyl groups excluding tert-OH is 1. The highest BCUT2D eigenvalue weighted by Gasteiger charge is 2.20. The second-order valence-corrected chi connectivity index (χ2v) is 6.69. The summed E-state index contributed by atoms with van der Waals surface area (Å²) < 4.78 is 25.6. The molecule has 1 aliphatic carbocycles. The first-order chi connectivity index (χ1) is 7.53. The molecule has 0 aromatic rings. The van der Waals surface area contributed by atoms with Crippen molar-refractivity contribution >= 4 is 21.6 Å². The van der Waals surface area contributed by atoms with Crippen molar-refractivity contribution in [1.29, 1.82) is 0 Å². The molecule has 0 spiro atoms. The first-order valence-corrected chi connectivity index (χ1v) is 7.93. The van der Waals surface area contributed by atoms with Crippen LogP contribution in [0.15, 0.2) is 0 Å². The number of hydrogen-bond donors (Lipinski definition) is 2. The van der Waals surface area contributed by atoms with Gasteiger partial charge in [0.05, 0.1) is 11.9 Å². The Morgan fingerprint density at radius 1 is 1.25 bits per heavy atom. The molecular formula is C10H20ClNO3S. The van der Waals surface area contributed by atoms with E-state index in [1.54, 1.807) is 0 Å². The molecule has 0 radical (unpaired) electrons. The second-order valence-electron chi connectivity index (χ2n) is 4.38. The van der Waals surface area contributed by atoms with Gasteiger partial charge in [-0.2, -0.15) is 0 Å². The van der Waals surface area contributed by atoms with E-state index in [1.807, 2.05) is 0 Å². The lowest BCUT2D eigenvalue weighted by Gasteiger charge is -2.25. The van der Waals surface area contributed by atoms with Gasteiger partial charge < -0.3 is 5.11 Å². The Hall–Kier alpha value is 0.160. The van der Waals surface area contributed by atoms with Gasteiger partial charge in [-0.1, -0.05) is 0 Å². The van der Waals surface area contributed by atoms with Crippen LogP contribution in [0.3, 0.4) is 0 Å². The zero-order chi connectivity index (χ0) is 12.0. The highest BCUT2D eigenvalue weighted by Crippen LogP contribution is 2.23. The van der Waals surface area contributed by atoms with E-state index in [-0.39, 0.29) is 11.9 Å². The van der Waals surface area contributed by atoms with Crippen LogP contribution in [0.1, 0.15) is 32.1 Å². The normalized spacial score (nSPS) is 26.9. The molecule has 6 heteroatoms. The highest BCUT2D eigenvalue weighted by molar-refractivity contribution is 7.89. The van der Waals surface area contributed by atoms with Gasteiger partial charge in [-0.05, 0) is 38.0 Å². The summed E-state index contributed by atoms with van der Waals surface area (Å²) in [4.78, 5) is 0. The van der Waals surface area contributed by atoms with Gasteiger partial charge in [-0.15, -0.1) is 11.6 Å². The number of aliphatic hydroxyl groups is 1. The van der Waals surface area contributed by atoms with E-state index in [2.05, 4.69) is 4.72 Å². The van der Waals surface area contributed by atoms with Gasteiger partial charge >= 0.3 is 0 Å². The van der Waals surface area contributed by atoms with E-state index in [0.29, 0.717) is 24.8 Å². The molecule has 0 atom stereocenters. The van der Waals surface area contributed by atoms with Gasteiger partial charge in [-0.3, -0.25) is 0 Å². The molecule has 2 N–H and O–H groups in total. The fraction of sp³-hybridized carbons (Fsp3) is 1.00. The number of sulfonamides is 1. The Bertz CT molecular complexity index is 286. The summed E-state index contributed by atoms with van der Waals surface area (Å²) in [5, 5.41) is 9.32. The highest BCUT2D eigenvalue weighted by atomic mass is 35.5. The monoisotopic (exact) mass is 269 g/mol. The zero-order valence-corrected chi connectivity index (χ0v) is 10.9. The summed E-state index contributed by atoms with van der Waals surface area (Å²) in [6, 6.07) is 0. The maximum absolute atomic E-state index is 11.5. The van der Waals surface area contributed by atoms with Crippen LogP contribution < -0.4 is 4.72 Å². The average Bonchev–Trinajstić information content (AvgIpc) is 2.26. The number of alkyl halides is 1. The van der Waals surface area contributed by atoms with Crippen molar-refractivity contribution in [2.75, 3.05) is 18.2 Å². The molecule has 0 unspecified atom stereocenters. The van der Waals surface area contributed by atoms with E-state index in [0.717, 1.165) is 25.7 Å². The number of rotatable bonds is 6. The predicted octanol–water partition coefficient (Wildman–Crippen LogP) is 1.09. The fourth-order valence-electron chi connectivity index (χ4n) is 1.91. The van der Waals surface area contributed by atoms with Crippen molar-refractivity contribution in [3.05, 3.63) is 0 Å². The summed E-state index contributed by atoms with van der Waals surface area (Å²) in [5.41, 5.74) is 0. The lowest BCUT2D eigenvalue weighted by atomic mass is 9.88. The second kappa shape index (κ2) is 6.79. The molecule has 0 heterocycles. The zero-order valence-electron chi connectivity index (χ0n) is 9.36. The maximum atomic E-state index is 11.5. The topological polar surface area (TPSA) is 66.4 Å². The van der Waals surface area contributed by atoms with Crippen molar-refractivity contribution in [2.24, 2.45) is 5.92 Å². The summed E-state index contributed by atoms with van der Waals surface area (Å²) in [7, 11) is -3.15. The lowest BCUT2D eigenvalue weighted by Crippen LogP contribution is -2.33. The minimum Gasteiger partial charge on any atom is -0.393 e. The standard InChI is InChI=1S/C10H20ClNO3S/c11-6-1-7-16(14,15)12-8-9-2-4-10(13)5-3-9/h9-10,12-13H,1-8H2. The number of halogens is 1. The number of nitrogens with one attached hydrogen (secondary N) is 1. The fourth-order valence-corrected chi connectivity index (χ4v) is 3.36. The third kappa shape index (κ3) is 5.48. The molecule has 1 aliphatic rings. The smallest absolute Gasteiger partial charge is 0.211 e. The molecule has 0 amide bonds. The molecule has 0 bridgehead atoms. The van der Waals surface area contributed by atoms with Crippen LogP contribution in [0, 0.1) is 5.92 Å². The minimum absolute atomic E-state index is 0.103. The quantitative estimate of drug-likeness (QED) is 0.710. The lowest BCUT2D eigenvalue weighted by molar-refractivity contribution is 0.110. The van der Waals surface area contributed by atoms with Crippen molar-refractivity contribution in [2.45, 2.75) is 38.2 Å². The summed E-state index contributed by atoms with van der Waals surface area (Å²) in [6.07, 6.45) is 3.67. The molecular weight excluding hydrogens is 250 g/mol. The Morgan fingerprint density at radius 2 is 1.88 bits per heavy atom. The molecule has 0 aromatic heterocycles. The van der Waals surface area contributed by atoms with Crippen molar-refractivity contribution in [3.8, 4) is 0 Å². The van der Waals surface area contributed by atoms with Crippen molar-refractivity contribution in [1.82, 2.24) is 4.72 Å². The minimum atomic E-state index is -3.15. The Labute approximate surface area is 102 Å². The van der Waals surface area contributed by atoms with Gasteiger partial charge in [0.25, 0.3) is 0 Å². The summed E-state index contributed by atoms with van der Waals surface area (Å²) in [5.74, 6) is 0.844. The van der Waals surface area contributed by atoms with Crippen LogP contribution >= 0.6 is 11.6 Å². The van der Waals surface area contributed by atoms with Gasteiger partial charge in [0.2, 0.25) is 10.0 Å². The van der Waals surface area contributed by atoms with Gasteiger partial charge in [0.1, 0.15) is 0 Å². The molecule has 1 fully saturated rings. The van der Waals surface area contributed by atoms with E-state index >= 15 is 0 Å². The van der Waals surface area contributed by atoms with Crippen LogP contribution in [0.25, 0.3) is 0 Å². The average molecular weight is 270 g/mol. The molecule has 1 saturated carbocycles. The molecule has 1 rings (SSSR count). The van der Waals surface area contributed by atoms with E-state index in [1.165, 1.54) is 0 Å². The van der Waals surface area contributed by atoms with Crippen LogP contribution in [0.4, 0.5) is 0 Å². The first kappa shape index (κ1) is 14.2. The molecule has 16 heavy (non-hydrogen) atoms. The molecule has 0 saturated heterocycles. The van der Waals surface area contributed by atoms with Crippen LogP contribution in [0.2, 0.25) is 0 Å². The van der Waals surface area contributed by atoms with Crippen molar-refractivity contribution < 1.29 is 13.5 Å². The van der Waals surface area contributed by atoms with E-state index < -0.39 is 10.0 Å². The third-order valence-electron chi connectivity index (χ3n) is 2.95. The van der Waals surface area contributed by atoms with E-state index in [9.17, 15) is 13.5 Å². The van der Waals surface area contributed by atoms with Crippen LogP contribution in [-0.4, -0.2) is 37.8 Å². The Morgan fingerprint density at radius 3 is 2.44 bits per heavy atom. The van der Waals surface area contributed by atoms with Crippen LogP contribution in [0.5, 0.6) is 0 Å². The summed E-state index contributed by atoms with van der Waals surface area (Å²) >= 11 is 5.45. The van der Waals surface area contributed by atoms with Gasteiger partial charge in [0, 0.05) is 12.4 Å². The Kier molecular flexibility index (Phi) is 6.03. The molecule has 0 aromatic carbocycles. The van der Waals surface area contributed by atoms with Gasteiger partial charge in [0.15, 0.2) is 0 Å². The largest absolute Gasteiger partial charge is 0.393 e.